The first-order valence-corrected chi connectivity index (χ1v) is 8.19. The lowest BCUT2D eigenvalue weighted by molar-refractivity contribution is -0.137. The smallest absolute Gasteiger partial charge is 0.303 e. The zero-order valence-electron chi connectivity index (χ0n) is 11.1. The van der Waals surface area contributed by atoms with E-state index in [-0.39, 0.29) is 17.9 Å². The Morgan fingerprint density at radius 3 is 2.32 bits per heavy atom. The molecule has 0 bridgehead atoms. The third-order valence-electron chi connectivity index (χ3n) is 2.85. The number of sulfone groups is 1. The molecule has 0 spiro atoms. The van der Waals surface area contributed by atoms with Crippen molar-refractivity contribution in [3.8, 4) is 0 Å². The molecule has 1 aromatic rings. The van der Waals surface area contributed by atoms with Gasteiger partial charge in [-0.25, -0.2) is 8.42 Å². The highest BCUT2D eigenvalue weighted by molar-refractivity contribution is 7.90. The third-order valence-corrected chi connectivity index (χ3v) is 4.54. The van der Waals surface area contributed by atoms with Crippen LogP contribution in [-0.4, -0.2) is 25.2 Å². The van der Waals surface area contributed by atoms with Gasteiger partial charge in [-0.2, -0.15) is 0 Å². The van der Waals surface area contributed by atoms with Crippen molar-refractivity contribution in [2.24, 2.45) is 0 Å². The van der Waals surface area contributed by atoms with E-state index in [1.807, 2.05) is 31.2 Å². The number of rotatable bonds is 8. The fourth-order valence-corrected chi connectivity index (χ4v) is 3.27. The molecule has 0 atom stereocenters. The van der Waals surface area contributed by atoms with Crippen LogP contribution in [0.25, 0.3) is 0 Å². The van der Waals surface area contributed by atoms with E-state index >= 15 is 0 Å². The number of aryl methyl sites for hydroxylation is 1. The Balaban J connectivity index is 2.35. The van der Waals surface area contributed by atoms with Crippen LogP contribution < -0.4 is 0 Å². The maximum absolute atomic E-state index is 11.9. The van der Waals surface area contributed by atoms with Gasteiger partial charge in [0.1, 0.15) is 0 Å². The normalized spacial score (nSPS) is 11.4. The van der Waals surface area contributed by atoms with E-state index in [0.717, 1.165) is 11.1 Å². The van der Waals surface area contributed by atoms with E-state index in [9.17, 15) is 13.2 Å². The van der Waals surface area contributed by atoms with Crippen LogP contribution in [0.5, 0.6) is 0 Å². The average molecular weight is 284 g/mol. The Hall–Kier alpha value is -1.36. The van der Waals surface area contributed by atoms with Gasteiger partial charge in [0.25, 0.3) is 0 Å². The van der Waals surface area contributed by atoms with Crippen LogP contribution in [0.1, 0.15) is 36.8 Å². The van der Waals surface area contributed by atoms with Crippen molar-refractivity contribution in [2.45, 2.75) is 38.4 Å². The van der Waals surface area contributed by atoms with Gasteiger partial charge in [-0.1, -0.05) is 36.2 Å². The van der Waals surface area contributed by atoms with Crippen LogP contribution in [0.4, 0.5) is 0 Å². The van der Waals surface area contributed by atoms with Crippen molar-refractivity contribution in [2.75, 3.05) is 5.75 Å². The molecule has 0 fully saturated rings. The quantitative estimate of drug-likeness (QED) is 0.745. The third kappa shape index (κ3) is 6.96. The van der Waals surface area contributed by atoms with Gasteiger partial charge in [0.05, 0.1) is 11.5 Å². The number of carboxylic acids is 1. The van der Waals surface area contributed by atoms with E-state index in [0.29, 0.717) is 19.3 Å². The molecule has 1 N–H and O–H groups in total. The number of unbranched alkanes of at least 4 members (excludes halogenated alkanes) is 2. The Bertz CT molecular complexity index is 503. The molecule has 0 aliphatic heterocycles. The van der Waals surface area contributed by atoms with E-state index in [1.54, 1.807) is 0 Å². The average Bonchev–Trinajstić information content (AvgIpc) is 2.31. The van der Waals surface area contributed by atoms with Crippen LogP contribution in [-0.2, 0) is 20.4 Å². The second kappa shape index (κ2) is 7.28. The van der Waals surface area contributed by atoms with E-state index in [1.165, 1.54) is 0 Å². The summed E-state index contributed by atoms with van der Waals surface area (Å²) in [6, 6.07) is 7.46. The number of carbonyl (C=O) groups is 1. The van der Waals surface area contributed by atoms with E-state index in [4.69, 9.17) is 5.11 Å². The van der Waals surface area contributed by atoms with E-state index < -0.39 is 15.8 Å². The molecular formula is C14H20O4S. The lowest BCUT2D eigenvalue weighted by Crippen LogP contribution is -2.09. The van der Waals surface area contributed by atoms with Crippen LogP contribution in [0.15, 0.2) is 24.3 Å². The molecule has 0 aliphatic carbocycles. The Morgan fingerprint density at radius 2 is 1.74 bits per heavy atom. The molecule has 0 saturated carbocycles. The van der Waals surface area contributed by atoms with Gasteiger partial charge < -0.3 is 5.11 Å². The maximum Gasteiger partial charge on any atom is 0.303 e. The predicted molar refractivity (Wildman–Crippen MR) is 74.8 cm³/mol. The van der Waals surface area contributed by atoms with Crippen molar-refractivity contribution in [3.63, 3.8) is 0 Å². The minimum atomic E-state index is -3.10. The van der Waals surface area contributed by atoms with Gasteiger partial charge >= 0.3 is 5.97 Å². The fraction of sp³-hybridized carbons (Fsp3) is 0.500. The van der Waals surface area contributed by atoms with Crippen LogP contribution in [0.3, 0.4) is 0 Å². The number of aliphatic carboxylic acids is 1. The van der Waals surface area contributed by atoms with Gasteiger partial charge in [-0.05, 0) is 25.3 Å². The SMILES string of the molecule is Cc1ccc(CS(=O)(=O)CCCCCC(=O)O)cc1. The number of hydrogen-bond acceptors (Lipinski definition) is 3. The van der Waals surface area contributed by atoms with Gasteiger partial charge in [-0.3, -0.25) is 4.79 Å². The summed E-state index contributed by atoms with van der Waals surface area (Å²) in [6.07, 6.45) is 1.81. The summed E-state index contributed by atoms with van der Waals surface area (Å²) in [4.78, 5) is 10.3. The first-order valence-electron chi connectivity index (χ1n) is 6.37. The molecular weight excluding hydrogens is 264 g/mol. The zero-order chi connectivity index (χ0) is 14.3. The Kier molecular flexibility index (Phi) is 6.02. The summed E-state index contributed by atoms with van der Waals surface area (Å²) in [5.74, 6) is -0.644. The van der Waals surface area contributed by atoms with Gasteiger partial charge in [0, 0.05) is 6.42 Å². The largest absolute Gasteiger partial charge is 0.481 e. The predicted octanol–water partition coefficient (Wildman–Crippen LogP) is 2.55. The van der Waals surface area contributed by atoms with Gasteiger partial charge in [0.2, 0.25) is 0 Å². The molecule has 0 unspecified atom stereocenters. The molecule has 0 heterocycles. The Labute approximate surface area is 114 Å². The summed E-state index contributed by atoms with van der Waals surface area (Å²) in [6.45, 7) is 1.96. The lowest BCUT2D eigenvalue weighted by Gasteiger charge is -2.05. The highest BCUT2D eigenvalue weighted by Gasteiger charge is 2.11. The molecule has 5 heteroatoms. The molecule has 0 radical (unpaired) electrons. The topological polar surface area (TPSA) is 71.4 Å². The van der Waals surface area contributed by atoms with Crippen molar-refractivity contribution in [1.82, 2.24) is 0 Å². The van der Waals surface area contributed by atoms with Gasteiger partial charge in [-0.15, -0.1) is 0 Å². The highest BCUT2D eigenvalue weighted by atomic mass is 32.2. The fourth-order valence-electron chi connectivity index (χ4n) is 1.79. The summed E-state index contributed by atoms with van der Waals surface area (Å²) in [5, 5.41) is 8.47. The first kappa shape index (κ1) is 15.7. The molecule has 0 saturated heterocycles. The second-order valence-corrected chi connectivity index (χ2v) is 6.97. The minimum Gasteiger partial charge on any atom is -0.481 e. The monoisotopic (exact) mass is 284 g/mol. The zero-order valence-corrected chi connectivity index (χ0v) is 11.9. The first-order chi connectivity index (χ1) is 8.89. The number of carboxylic acid groups (broad SMARTS) is 1. The van der Waals surface area contributed by atoms with E-state index in [2.05, 4.69) is 0 Å². The standard InChI is InChI=1S/C14H20O4S/c1-12-6-8-13(9-7-12)11-19(17,18)10-4-2-3-5-14(15)16/h6-9H,2-5,10-11H2,1H3,(H,15,16). The van der Waals surface area contributed by atoms with Crippen LogP contribution in [0.2, 0.25) is 0 Å². The summed E-state index contributed by atoms with van der Waals surface area (Å²) >= 11 is 0. The van der Waals surface area contributed by atoms with Crippen LogP contribution >= 0.6 is 0 Å². The van der Waals surface area contributed by atoms with Crippen molar-refractivity contribution in [1.29, 1.82) is 0 Å². The van der Waals surface area contributed by atoms with Crippen LogP contribution in [0, 0.1) is 6.92 Å². The Morgan fingerprint density at radius 1 is 1.11 bits per heavy atom. The molecule has 1 rings (SSSR count). The summed E-state index contributed by atoms with van der Waals surface area (Å²) in [5.41, 5.74) is 1.91. The van der Waals surface area contributed by atoms with Crippen molar-refractivity contribution >= 4 is 15.8 Å². The maximum atomic E-state index is 11.9. The molecule has 0 aliphatic rings. The van der Waals surface area contributed by atoms with Gasteiger partial charge in [0.15, 0.2) is 9.84 Å². The van der Waals surface area contributed by atoms with Crippen molar-refractivity contribution < 1.29 is 18.3 Å². The number of hydrogen-bond donors (Lipinski definition) is 1. The number of benzene rings is 1. The minimum absolute atomic E-state index is 0.0617. The molecule has 19 heavy (non-hydrogen) atoms. The lowest BCUT2D eigenvalue weighted by atomic mass is 10.2. The molecule has 106 valence electrons. The molecule has 0 aromatic heterocycles. The second-order valence-electron chi connectivity index (χ2n) is 4.78. The van der Waals surface area contributed by atoms with Crippen molar-refractivity contribution in [3.05, 3.63) is 35.4 Å². The summed E-state index contributed by atoms with van der Waals surface area (Å²) < 4.78 is 23.7. The highest BCUT2D eigenvalue weighted by Crippen LogP contribution is 2.11. The molecule has 4 nitrogen and oxygen atoms in total. The molecule has 0 amide bonds. The summed E-state index contributed by atoms with van der Waals surface area (Å²) in [7, 11) is -3.10. The molecule has 1 aromatic carbocycles.